The van der Waals surface area contributed by atoms with Gasteiger partial charge in [-0.05, 0) is 37.4 Å². The highest BCUT2D eigenvalue weighted by atomic mass is 32.1. The van der Waals surface area contributed by atoms with E-state index in [1.807, 2.05) is 42.8 Å². The number of nitrogens with zero attached hydrogens (tertiary/aromatic N) is 4. The second-order valence-electron chi connectivity index (χ2n) is 4.57. The molecule has 0 spiro atoms. The third-order valence-corrected chi connectivity index (χ3v) is 4.78. The molecule has 0 unspecified atom stereocenters. The Morgan fingerprint density at radius 2 is 2.14 bits per heavy atom. The second kappa shape index (κ2) is 6.81. The van der Waals surface area contributed by atoms with Crippen LogP contribution in [0.3, 0.4) is 0 Å². The van der Waals surface area contributed by atoms with Gasteiger partial charge in [0.15, 0.2) is 0 Å². The van der Waals surface area contributed by atoms with Gasteiger partial charge in [0.05, 0.1) is 22.0 Å². The van der Waals surface area contributed by atoms with Crippen LogP contribution in [0.15, 0.2) is 57.4 Å². The van der Waals surface area contributed by atoms with Gasteiger partial charge in [0.1, 0.15) is 0 Å². The molecule has 0 amide bonds. The van der Waals surface area contributed by atoms with Crippen LogP contribution in [0, 0.1) is 0 Å². The summed E-state index contributed by atoms with van der Waals surface area (Å²) in [6.45, 7) is 4.74. The maximum Gasteiger partial charge on any atom is 0.206 e. The van der Waals surface area contributed by atoms with Crippen molar-refractivity contribution in [3.05, 3.63) is 57.8 Å². The molecule has 0 aliphatic rings. The lowest BCUT2D eigenvalue weighted by atomic mass is 10.3. The first kappa shape index (κ1) is 14.9. The topological polar surface area (TPSA) is 42.5 Å². The summed E-state index contributed by atoms with van der Waals surface area (Å²) < 4.78 is 1.92. The first-order valence-corrected chi connectivity index (χ1v) is 8.77. The summed E-state index contributed by atoms with van der Waals surface area (Å²) in [6.07, 6.45) is 1.78. The molecule has 112 valence electrons. The molecular formula is C16H16N4S2. The Morgan fingerprint density at radius 1 is 1.23 bits per heavy atom. The minimum absolute atomic E-state index is 0.739. The molecule has 3 aromatic rings. The Kier molecular flexibility index (Phi) is 4.60. The molecule has 3 aromatic heterocycles. The molecule has 0 atom stereocenters. The van der Waals surface area contributed by atoms with E-state index in [0.717, 1.165) is 28.4 Å². The molecule has 22 heavy (non-hydrogen) atoms. The number of thiophene rings is 1. The fraction of sp³-hybridized carbons (Fsp3) is 0.188. The maximum atomic E-state index is 4.76. The molecule has 0 bridgehead atoms. The van der Waals surface area contributed by atoms with Crippen molar-refractivity contribution in [2.45, 2.75) is 13.8 Å². The molecule has 0 aliphatic heterocycles. The molecule has 0 aliphatic carbocycles. The standard InChI is InChI=1S/C16H16N4S2/c1-3-17-16-20(14(11-22-16)15-8-6-10-21-15)19-12(2)13-7-4-5-9-18-13/h4-11H,3H2,1-2H3. The zero-order chi connectivity index (χ0) is 15.4. The summed E-state index contributed by atoms with van der Waals surface area (Å²) in [6, 6.07) is 9.99. The van der Waals surface area contributed by atoms with Crippen molar-refractivity contribution in [1.29, 1.82) is 0 Å². The van der Waals surface area contributed by atoms with Crippen molar-refractivity contribution in [2.24, 2.45) is 10.1 Å². The molecule has 3 rings (SSSR count). The van der Waals surface area contributed by atoms with Crippen LogP contribution in [0.4, 0.5) is 0 Å². The molecule has 0 radical (unpaired) electrons. The van der Waals surface area contributed by atoms with Crippen molar-refractivity contribution < 1.29 is 0 Å². The van der Waals surface area contributed by atoms with E-state index in [9.17, 15) is 0 Å². The van der Waals surface area contributed by atoms with Gasteiger partial charge >= 0.3 is 0 Å². The van der Waals surface area contributed by atoms with E-state index in [2.05, 4.69) is 26.8 Å². The quantitative estimate of drug-likeness (QED) is 0.670. The van der Waals surface area contributed by atoms with Gasteiger partial charge in [-0.3, -0.25) is 9.98 Å². The van der Waals surface area contributed by atoms with Crippen LogP contribution in [-0.4, -0.2) is 21.9 Å². The van der Waals surface area contributed by atoms with Crippen LogP contribution in [0.2, 0.25) is 0 Å². The lowest BCUT2D eigenvalue weighted by Crippen LogP contribution is -2.14. The Balaban J connectivity index is 2.13. The summed E-state index contributed by atoms with van der Waals surface area (Å²) in [7, 11) is 0. The van der Waals surface area contributed by atoms with Crippen molar-refractivity contribution in [1.82, 2.24) is 9.66 Å². The van der Waals surface area contributed by atoms with Gasteiger partial charge in [0.2, 0.25) is 4.80 Å². The number of aromatic nitrogens is 2. The van der Waals surface area contributed by atoms with Gasteiger partial charge in [-0.2, -0.15) is 5.10 Å². The van der Waals surface area contributed by atoms with Crippen molar-refractivity contribution >= 4 is 28.4 Å². The fourth-order valence-corrected chi connectivity index (χ4v) is 3.70. The summed E-state index contributed by atoms with van der Waals surface area (Å²) >= 11 is 3.32. The fourth-order valence-electron chi connectivity index (χ4n) is 2.01. The van der Waals surface area contributed by atoms with Gasteiger partial charge < -0.3 is 0 Å². The number of hydrogen-bond acceptors (Lipinski definition) is 5. The number of pyridine rings is 1. The molecule has 0 N–H and O–H groups in total. The van der Waals surface area contributed by atoms with Crippen LogP contribution in [0.5, 0.6) is 0 Å². The first-order chi connectivity index (χ1) is 10.8. The summed E-state index contributed by atoms with van der Waals surface area (Å²) in [5.41, 5.74) is 2.82. The van der Waals surface area contributed by atoms with Crippen LogP contribution < -0.4 is 4.80 Å². The monoisotopic (exact) mass is 328 g/mol. The molecule has 0 aromatic carbocycles. The normalized spacial score (nSPS) is 12.8. The van der Waals surface area contributed by atoms with E-state index in [0.29, 0.717) is 0 Å². The van der Waals surface area contributed by atoms with Gasteiger partial charge in [-0.1, -0.05) is 12.1 Å². The van der Waals surface area contributed by atoms with Crippen LogP contribution in [-0.2, 0) is 0 Å². The maximum absolute atomic E-state index is 4.76. The van der Waals surface area contributed by atoms with E-state index in [-0.39, 0.29) is 0 Å². The van der Waals surface area contributed by atoms with Gasteiger partial charge in [-0.15, -0.1) is 22.7 Å². The number of thiazole rings is 1. The Hall–Kier alpha value is -2.05. The predicted octanol–water partition coefficient (Wildman–Crippen LogP) is 3.87. The van der Waals surface area contributed by atoms with Crippen molar-refractivity contribution in [3.8, 4) is 10.6 Å². The molecule has 6 heteroatoms. The first-order valence-electron chi connectivity index (χ1n) is 7.01. The van der Waals surface area contributed by atoms with E-state index in [1.54, 1.807) is 28.9 Å². The lowest BCUT2D eigenvalue weighted by Gasteiger charge is -2.04. The number of hydrogen-bond donors (Lipinski definition) is 0. The molecule has 0 saturated carbocycles. The summed E-state index contributed by atoms with van der Waals surface area (Å²) in [4.78, 5) is 11.0. The van der Waals surface area contributed by atoms with Gasteiger partial charge in [0.25, 0.3) is 0 Å². The van der Waals surface area contributed by atoms with Crippen molar-refractivity contribution in [3.63, 3.8) is 0 Å². The third-order valence-electron chi connectivity index (χ3n) is 3.04. The molecular weight excluding hydrogens is 312 g/mol. The highest BCUT2D eigenvalue weighted by Crippen LogP contribution is 2.25. The highest BCUT2D eigenvalue weighted by molar-refractivity contribution is 7.14. The van der Waals surface area contributed by atoms with Crippen LogP contribution in [0.25, 0.3) is 10.6 Å². The number of rotatable bonds is 4. The predicted molar refractivity (Wildman–Crippen MR) is 93.6 cm³/mol. The summed E-state index contributed by atoms with van der Waals surface area (Å²) in [5, 5.41) is 8.94. The molecule has 0 saturated heterocycles. The second-order valence-corrected chi connectivity index (χ2v) is 6.35. The average molecular weight is 328 g/mol. The zero-order valence-corrected chi connectivity index (χ0v) is 14.1. The zero-order valence-electron chi connectivity index (χ0n) is 12.4. The molecule has 3 heterocycles. The Labute approximate surface area is 137 Å². The SMILES string of the molecule is CCN=c1scc(-c2cccs2)n1N=C(C)c1ccccn1. The Bertz CT molecular complexity index is 827. The minimum Gasteiger partial charge on any atom is -0.258 e. The van der Waals surface area contributed by atoms with E-state index in [4.69, 9.17) is 5.10 Å². The third kappa shape index (κ3) is 3.08. The van der Waals surface area contributed by atoms with E-state index >= 15 is 0 Å². The van der Waals surface area contributed by atoms with Crippen LogP contribution >= 0.6 is 22.7 Å². The Morgan fingerprint density at radius 3 is 2.82 bits per heavy atom. The molecule has 4 nitrogen and oxygen atoms in total. The highest BCUT2D eigenvalue weighted by Gasteiger charge is 2.09. The van der Waals surface area contributed by atoms with Crippen LogP contribution in [0.1, 0.15) is 19.5 Å². The smallest absolute Gasteiger partial charge is 0.206 e. The summed E-state index contributed by atoms with van der Waals surface area (Å²) in [5.74, 6) is 0. The van der Waals surface area contributed by atoms with Gasteiger partial charge in [-0.25, -0.2) is 4.68 Å². The van der Waals surface area contributed by atoms with E-state index < -0.39 is 0 Å². The van der Waals surface area contributed by atoms with Crippen molar-refractivity contribution in [2.75, 3.05) is 6.54 Å². The largest absolute Gasteiger partial charge is 0.258 e. The van der Waals surface area contributed by atoms with Gasteiger partial charge in [0, 0.05) is 18.1 Å². The van der Waals surface area contributed by atoms with E-state index in [1.165, 1.54) is 4.88 Å². The lowest BCUT2D eigenvalue weighted by molar-refractivity contribution is 0.828. The minimum atomic E-state index is 0.739. The average Bonchev–Trinajstić information content (AvgIpc) is 3.19. The molecule has 0 fully saturated rings.